The quantitative estimate of drug-likeness (QED) is 0.470. The fourth-order valence-corrected chi connectivity index (χ4v) is 3.44. The maximum Gasteiger partial charge on any atom is 0.252 e. The van der Waals surface area contributed by atoms with E-state index in [9.17, 15) is 9.90 Å². The summed E-state index contributed by atoms with van der Waals surface area (Å²) in [6.45, 7) is 4.68. The third kappa shape index (κ3) is 4.40. The van der Waals surface area contributed by atoms with E-state index in [0.29, 0.717) is 17.9 Å². The number of nitrogens with zero attached hydrogens (tertiary/aromatic N) is 3. The number of thiazole rings is 1. The number of unbranched alkanes of at least 4 members (excludes halogenated alkanes) is 1. The summed E-state index contributed by atoms with van der Waals surface area (Å²) in [5.74, 6) is 0.587. The molecular weight excluding hydrogens is 376 g/mol. The average molecular weight is 398 g/mol. The van der Waals surface area contributed by atoms with Gasteiger partial charge in [-0.15, -0.1) is 11.3 Å². The molecule has 7 nitrogen and oxygen atoms in total. The monoisotopic (exact) mass is 398 g/mol. The number of benzene rings is 1. The SMILES string of the molecule is CCCCN=c1scc(-c2ccc(O)c(C(N)=O)c2)n1/N=C\c1ccc(C)o1. The first-order chi connectivity index (χ1) is 13.5. The van der Waals surface area contributed by atoms with Gasteiger partial charge in [-0.1, -0.05) is 13.3 Å². The molecule has 1 amide bonds. The number of aromatic hydroxyl groups is 1. The molecule has 8 heteroatoms. The minimum atomic E-state index is -0.691. The van der Waals surface area contributed by atoms with Crippen LogP contribution in [-0.2, 0) is 0 Å². The Labute approximate surface area is 166 Å². The van der Waals surface area contributed by atoms with Gasteiger partial charge in [0, 0.05) is 17.5 Å². The second-order valence-electron chi connectivity index (χ2n) is 6.24. The third-order valence-corrected chi connectivity index (χ3v) is 4.92. The number of nitrogens with two attached hydrogens (primary N) is 1. The number of rotatable bonds is 7. The summed E-state index contributed by atoms with van der Waals surface area (Å²) < 4.78 is 7.25. The van der Waals surface area contributed by atoms with E-state index in [2.05, 4.69) is 17.0 Å². The van der Waals surface area contributed by atoms with Gasteiger partial charge in [0.2, 0.25) is 4.80 Å². The van der Waals surface area contributed by atoms with E-state index in [0.717, 1.165) is 29.1 Å². The van der Waals surface area contributed by atoms with E-state index >= 15 is 0 Å². The second kappa shape index (κ2) is 8.71. The summed E-state index contributed by atoms with van der Waals surface area (Å²) in [7, 11) is 0. The van der Waals surface area contributed by atoms with E-state index in [1.807, 2.05) is 24.4 Å². The Balaban J connectivity index is 2.08. The van der Waals surface area contributed by atoms with Crippen molar-refractivity contribution in [2.24, 2.45) is 15.8 Å². The molecule has 0 aliphatic rings. The van der Waals surface area contributed by atoms with Crippen LogP contribution in [0.2, 0.25) is 0 Å². The molecule has 3 N–H and O–H groups in total. The number of hydrogen-bond acceptors (Lipinski definition) is 6. The highest BCUT2D eigenvalue weighted by molar-refractivity contribution is 7.07. The first-order valence-corrected chi connectivity index (χ1v) is 9.82. The molecule has 0 fully saturated rings. The van der Waals surface area contributed by atoms with Crippen LogP contribution in [0, 0.1) is 6.92 Å². The lowest BCUT2D eigenvalue weighted by Crippen LogP contribution is -2.14. The van der Waals surface area contributed by atoms with Gasteiger partial charge in [-0.3, -0.25) is 9.79 Å². The molecule has 146 valence electrons. The molecule has 3 aromatic rings. The van der Waals surface area contributed by atoms with E-state index < -0.39 is 5.91 Å². The molecule has 1 aromatic carbocycles. The lowest BCUT2D eigenvalue weighted by Gasteiger charge is -2.06. The van der Waals surface area contributed by atoms with Gasteiger partial charge in [-0.2, -0.15) is 5.10 Å². The summed E-state index contributed by atoms with van der Waals surface area (Å²) in [6, 6.07) is 8.42. The van der Waals surface area contributed by atoms with Crippen molar-refractivity contribution in [2.45, 2.75) is 26.7 Å². The van der Waals surface area contributed by atoms with Crippen molar-refractivity contribution in [1.82, 2.24) is 4.68 Å². The number of carbonyl (C=O) groups is 1. The predicted octanol–water partition coefficient (Wildman–Crippen LogP) is 3.51. The molecule has 0 bridgehead atoms. The van der Waals surface area contributed by atoms with Crippen LogP contribution in [-0.4, -0.2) is 28.4 Å². The standard InChI is InChI=1S/C20H22N4O3S/c1-3-4-9-22-20-24(23-11-15-7-5-13(2)27-15)17(12-28-20)14-6-8-18(25)16(10-14)19(21)26/h5-8,10-12,25H,3-4,9H2,1-2H3,(H2,21,26)/b22-20?,23-11-. The van der Waals surface area contributed by atoms with E-state index in [4.69, 9.17) is 10.2 Å². The van der Waals surface area contributed by atoms with E-state index in [1.54, 1.807) is 23.0 Å². The zero-order chi connectivity index (χ0) is 20.1. The molecule has 0 unspecified atom stereocenters. The van der Waals surface area contributed by atoms with Crippen LogP contribution in [0.3, 0.4) is 0 Å². The van der Waals surface area contributed by atoms with Gasteiger partial charge < -0.3 is 15.3 Å². The summed E-state index contributed by atoms with van der Waals surface area (Å²) in [4.78, 5) is 16.9. The highest BCUT2D eigenvalue weighted by atomic mass is 32.1. The van der Waals surface area contributed by atoms with Gasteiger partial charge in [0.15, 0.2) is 0 Å². The van der Waals surface area contributed by atoms with E-state index in [1.165, 1.54) is 17.4 Å². The second-order valence-corrected chi connectivity index (χ2v) is 7.08. The van der Waals surface area contributed by atoms with Crippen LogP contribution < -0.4 is 10.5 Å². The molecule has 0 saturated heterocycles. The number of phenols is 1. The first-order valence-electron chi connectivity index (χ1n) is 8.94. The normalized spacial score (nSPS) is 12.1. The maximum absolute atomic E-state index is 11.6. The molecule has 28 heavy (non-hydrogen) atoms. The smallest absolute Gasteiger partial charge is 0.252 e. The Morgan fingerprint density at radius 1 is 1.36 bits per heavy atom. The van der Waals surface area contributed by atoms with Crippen molar-refractivity contribution in [3.05, 3.63) is 57.6 Å². The topological polar surface area (TPSA) is 106 Å². The number of hydrogen-bond donors (Lipinski definition) is 2. The number of aromatic nitrogens is 1. The van der Waals surface area contributed by atoms with Crippen LogP contribution in [0.15, 0.2) is 50.2 Å². The molecule has 0 atom stereocenters. The van der Waals surface area contributed by atoms with Crippen LogP contribution in [0.1, 0.15) is 41.6 Å². The minimum Gasteiger partial charge on any atom is -0.507 e. The molecule has 0 saturated carbocycles. The Morgan fingerprint density at radius 3 is 2.86 bits per heavy atom. The molecule has 0 aliphatic carbocycles. The van der Waals surface area contributed by atoms with E-state index in [-0.39, 0.29) is 11.3 Å². The van der Waals surface area contributed by atoms with Crippen LogP contribution in [0.25, 0.3) is 11.3 Å². The van der Waals surface area contributed by atoms with Crippen molar-refractivity contribution in [2.75, 3.05) is 6.54 Å². The highest BCUT2D eigenvalue weighted by Crippen LogP contribution is 2.26. The van der Waals surface area contributed by atoms with Crippen LogP contribution in [0.4, 0.5) is 0 Å². The molecule has 2 aromatic heterocycles. The summed E-state index contributed by atoms with van der Waals surface area (Å²) in [5, 5.41) is 16.3. The first kappa shape index (κ1) is 19.6. The molecule has 2 heterocycles. The molecule has 3 rings (SSSR count). The van der Waals surface area contributed by atoms with Crippen molar-refractivity contribution < 1.29 is 14.3 Å². The molecular formula is C20H22N4O3S. The minimum absolute atomic E-state index is 0.0605. The zero-order valence-corrected chi connectivity index (χ0v) is 16.6. The fourth-order valence-electron chi connectivity index (χ4n) is 2.58. The average Bonchev–Trinajstić information content (AvgIpc) is 3.26. The lowest BCUT2D eigenvalue weighted by molar-refractivity contribution is 0.0998. The summed E-state index contributed by atoms with van der Waals surface area (Å²) >= 11 is 1.45. The van der Waals surface area contributed by atoms with Crippen LogP contribution >= 0.6 is 11.3 Å². The summed E-state index contributed by atoms with van der Waals surface area (Å²) in [5.41, 5.74) is 6.86. The Morgan fingerprint density at radius 2 is 2.18 bits per heavy atom. The largest absolute Gasteiger partial charge is 0.507 e. The number of aryl methyl sites for hydroxylation is 1. The predicted molar refractivity (Wildman–Crippen MR) is 110 cm³/mol. The Bertz CT molecular complexity index is 1080. The van der Waals surface area contributed by atoms with Gasteiger partial charge in [0.05, 0.1) is 17.5 Å². The van der Waals surface area contributed by atoms with Gasteiger partial charge in [-0.25, -0.2) is 4.68 Å². The third-order valence-electron chi connectivity index (χ3n) is 4.06. The summed E-state index contributed by atoms with van der Waals surface area (Å²) in [6.07, 6.45) is 3.66. The molecule has 0 radical (unpaired) electrons. The zero-order valence-electron chi connectivity index (χ0n) is 15.8. The number of furan rings is 1. The highest BCUT2D eigenvalue weighted by Gasteiger charge is 2.13. The van der Waals surface area contributed by atoms with Crippen LogP contribution in [0.5, 0.6) is 5.75 Å². The van der Waals surface area contributed by atoms with Gasteiger partial charge in [0.25, 0.3) is 5.91 Å². The maximum atomic E-state index is 11.6. The lowest BCUT2D eigenvalue weighted by atomic mass is 10.1. The van der Waals surface area contributed by atoms with Crippen molar-refractivity contribution in [3.8, 4) is 17.0 Å². The Kier molecular flexibility index (Phi) is 6.10. The van der Waals surface area contributed by atoms with Crippen molar-refractivity contribution in [3.63, 3.8) is 0 Å². The molecule has 0 spiro atoms. The molecule has 0 aliphatic heterocycles. The number of carbonyl (C=O) groups excluding carboxylic acids is 1. The number of primary amides is 1. The number of amides is 1. The van der Waals surface area contributed by atoms with Gasteiger partial charge in [0.1, 0.15) is 17.3 Å². The van der Waals surface area contributed by atoms with Crippen molar-refractivity contribution >= 4 is 23.5 Å². The fraction of sp³-hybridized carbons (Fsp3) is 0.250. The van der Waals surface area contributed by atoms with Crippen molar-refractivity contribution in [1.29, 1.82) is 0 Å². The Hall–Kier alpha value is -3.13. The van der Waals surface area contributed by atoms with Gasteiger partial charge >= 0.3 is 0 Å². The van der Waals surface area contributed by atoms with Gasteiger partial charge in [-0.05, 0) is 43.7 Å².